The van der Waals surface area contributed by atoms with Crippen LogP contribution in [-0.2, 0) is 0 Å². The number of nitrogens with one attached hydrogen (secondary N) is 1. The van der Waals surface area contributed by atoms with Gasteiger partial charge in [-0.2, -0.15) is 0 Å². The van der Waals surface area contributed by atoms with E-state index < -0.39 is 0 Å². The van der Waals surface area contributed by atoms with E-state index in [1.807, 2.05) is 6.07 Å². The van der Waals surface area contributed by atoms with E-state index in [1.54, 1.807) is 26.4 Å². The third kappa shape index (κ3) is 4.38. The number of amides is 1. The molecule has 0 spiro atoms. The molecule has 0 radical (unpaired) electrons. The molecule has 1 aliphatic heterocycles. The summed E-state index contributed by atoms with van der Waals surface area (Å²) in [5.74, 6) is 1.48. The van der Waals surface area contributed by atoms with Gasteiger partial charge >= 0.3 is 0 Å². The topological polar surface area (TPSA) is 50.8 Å². The minimum Gasteiger partial charge on any atom is -0.496 e. The minimum atomic E-state index is -0.134. The van der Waals surface area contributed by atoms with Crippen LogP contribution >= 0.6 is 0 Å². The second-order valence-corrected chi connectivity index (χ2v) is 6.32. The summed E-state index contributed by atoms with van der Waals surface area (Å²) in [6.07, 6.45) is 2.25. The highest BCUT2D eigenvalue weighted by Crippen LogP contribution is 2.28. The van der Waals surface area contributed by atoms with Crippen LogP contribution in [0.4, 0.5) is 0 Å². The van der Waals surface area contributed by atoms with Gasteiger partial charge in [-0.3, -0.25) is 4.79 Å². The summed E-state index contributed by atoms with van der Waals surface area (Å²) >= 11 is 0. The van der Waals surface area contributed by atoms with Gasteiger partial charge in [0.05, 0.1) is 14.2 Å². The predicted molar refractivity (Wildman–Crippen MR) is 91.3 cm³/mol. The molecule has 1 aromatic carbocycles. The summed E-state index contributed by atoms with van der Waals surface area (Å²) in [5.41, 5.74) is 0.470. The number of rotatable bonds is 6. The fourth-order valence-electron chi connectivity index (χ4n) is 3.07. The van der Waals surface area contributed by atoms with E-state index in [9.17, 15) is 4.79 Å². The van der Waals surface area contributed by atoms with Gasteiger partial charge in [-0.15, -0.1) is 0 Å². The Kier molecular flexibility index (Phi) is 6.28. The monoisotopic (exact) mass is 320 g/mol. The molecule has 0 unspecified atom stereocenters. The summed E-state index contributed by atoms with van der Waals surface area (Å²) < 4.78 is 10.6. The van der Waals surface area contributed by atoms with E-state index >= 15 is 0 Å². The molecule has 2 rings (SSSR count). The number of ether oxygens (including phenoxy) is 2. The third-order valence-electron chi connectivity index (χ3n) is 4.59. The lowest BCUT2D eigenvalue weighted by Gasteiger charge is -2.34. The number of hydrogen-bond donors (Lipinski definition) is 1. The molecule has 1 aromatic rings. The van der Waals surface area contributed by atoms with Crippen LogP contribution in [0.2, 0.25) is 0 Å². The van der Waals surface area contributed by atoms with E-state index in [2.05, 4.69) is 24.1 Å². The van der Waals surface area contributed by atoms with E-state index in [4.69, 9.17) is 9.47 Å². The van der Waals surface area contributed by atoms with E-state index in [-0.39, 0.29) is 5.91 Å². The summed E-state index contributed by atoms with van der Waals surface area (Å²) in [6.45, 7) is 7.38. The van der Waals surface area contributed by atoms with Crippen molar-refractivity contribution in [3.8, 4) is 11.5 Å². The number of methoxy groups -OCH3 is 2. The molecule has 0 aromatic heterocycles. The van der Waals surface area contributed by atoms with E-state index in [0.29, 0.717) is 35.6 Å². The molecule has 5 heteroatoms. The van der Waals surface area contributed by atoms with Crippen LogP contribution < -0.4 is 14.8 Å². The van der Waals surface area contributed by atoms with Crippen molar-refractivity contribution >= 4 is 5.91 Å². The van der Waals surface area contributed by atoms with Crippen LogP contribution in [0.15, 0.2) is 18.2 Å². The molecule has 1 fully saturated rings. The number of nitrogens with zero attached hydrogens (tertiary/aromatic N) is 1. The maximum absolute atomic E-state index is 12.5. The van der Waals surface area contributed by atoms with Gasteiger partial charge in [0.1, 0.15) is 17.1 Å². The third-order valence-corrected chi connectivity index (χ3v) is 4.59. The molecule has 1 amide bonds. The molecule has 128 valence electrons. The van der Waals surface area contributed by atoms with E-state index in [0.717, 1.165) is 25.9 Å². The molecular formula is C18H28N2O3. The van der Waals surface area contributed by atoms with Gasteiger partial charge in [0.2, 0.25) is 0 Å². The van der Waals surface area contributed by atoms with Crippen LogP contribution in [0.25, 0.3) is 0 Å². The summed E-state index contributed by atoms with van der Waals surface area (Å²) in [4.78, 5) is 15.0. The number of piperidine rings is 1. The lowest BCUT2D eigenvalue weighted by Crippen LogP contribution is -2.41. The molecule has 0 saturated carbocycles. The smallest absolute Gasteiger partial charge is 0.258 e. The first-order valence-electron chi connectivity index (χ1n) is 8.30. The Morgan fingerprint density at radius 1 is 1.22 bits per heavy atom. The molecule has 1 N–H and O–H groups in total. The largest absolute Gasteiger partial charge is 0.496 e. The number of carbonyl (C=O) groups excluding carboxylic acids is 1. The van der Waals surface area contributed by atoms with Crippen molar-refractivity contribution in [1.29, 1.82) is 0 Å². The van der Waals surface area contributed by atoms with Crippen LogP contribution in [0, 0.1) is 5.92 Å². The van der Waals surface area contributed by atoms with Gasteiger partial charge in [0.25, 0.3) is 5.91 Å². The van der Waals surface area contributed by atoms with Gasteiger partial charge < -0.3 is 19.7 Å². The van der Waals surface area contributed by atoms with Crippen molar-refractivity contribution in [3.05, 3.63) is 23.8 Å². The maximum Gasteiger partial charge on any atom is 0.258 e. The minimum absolute atomic E-state index is 0.134. The Balaban J connectivity index is 1.93. The van der Waals surface area contributed by atoms with Crippen molar-refractivity contribution in [2.45, 2.75) is 32.7 Å². The molecule has 1 aliphatic rings. The molecule has 0 aliphatic carbocycles. The zero-order chi connectivity index (χ0) is 16.8. The zero-order valence-electron chi connectivity index (χ0n) is 14.6. The van der Waals surface area contributed by atoms with Crippen LogP contribution in [0.5, 0.6) is 11.5 Å². The van der Waals surface area contributed by atoms with Gasteiger partial charge in [0.15, 0.2) is 0 Å². The molecule has 1 heterocycles. The highest BCUT2D eigenvalue weighted by molar-refractivity contribution is 5.99. The number of carbonyl (C=O) groups is 1. The van der Waals surface area contributed by atoms with Gasteiger partial charge in [-0.1, -0.05) is 6.07 Å². The standard InChI is InChI=1S/C18H28N2O3/c1-13(2)20-10-8-14(9-11-20)12-19-18(21)17-15(22-3)6-5-7-16(17)23-4/h5-7,13-14H,8-12H2,1-4H3,(H,19,21). The van der Waals surface area contributed by atoms with Gasteiger partial charge in [-0.05, 0) is 57.8 Å². The Morgan fingerprint density at radius 2 is 1.78 bits per heavy atom. The molecule has 1 saturated heterocycles. The average molecular weight is 320 g/mol. The lowest BCUT2D eigenvalue weighted by molar-refractivity contribution is 0.0923. The fourth-order valence-corrected chi connectivity index (χ4v) is 3.07. The molecule has 0 atom stereocenters. The highest BCUT2D eigenvalue weighted by atomic mass is 16.5. The normalized spacial score (nSPS) is 16.4. The Hall–Kier alpha value is -1.75. The number of benzene rings is 1. The summed E-state index contributed by atoms with van der Waals surface area (Å²) in [5, 5.41) is 3.04. The SMILES string of the molecule is COc1cccc(OC)c1C(=O)NCC1CCN(C(C)C)CC1. The maximum atomic E-state index is 12.5. The zero-order valence-corrected chi connectivity index (χ0v) is 14.6. The molecule has 23 heavy (non-hydrogen) atoms. The first-order valence-corrected chi connectivity index (χ1v) is 8.30. The van der Waals surface area contributed by atoms with Crippen LogP contribution in [0.1, 0.15) is 37.0 Å². The van der Waals surface area contributed by atoms with Crippen molar-refractivity contribution < 1.29 is 14.3 Å². The Morgan fingerprint density at radius 3 is 2.26 bits per heavy atom. The lowest BCUT2D eigenvalue weighted by atomic mass is 9.96. The van der Waals surface area contributed by atoms with Crippen LogP contribution in [-0.4, -0.2) is 50.7 Å². The van der Waals surface area contributed by atoms with Gasteiger partial charge in [-0.25, -0.2) is 0 Å². The number of hydrogen-bond acceptors (Lipinski definition) is 4. The quantitative estimate of drug-likeness (QED) is 0.875. The number of likely N-dealkylation sites (tertiary alicyclic amines) is 1. The molecule has 0 bridgehead atoms. The van der Waals surface area contributed by atoms with Crippen molar-refractivity contribution in [2.75, 3.05) is 33.9 Å². The van der Waals surface area contributed by atoms with Crippen molar-refractivity contribution in [2.24, 2.45) is 5.92 Å². The average Bonchev–Trinajstić information content (AvgIpc) is 2.59. The summed E-state index contributed by atoms with van der Waals surface area (Å²) in [6, 6.07) is 5.97. The van der Waals surface area contributed by atoms with Crippen LogP contribution in [0.3, 0.4) is 0 Å². The Labute approximate surface area is 139 Å². The Bertz CT molecular complexity index is 501. The summed E-state index contributed by atoms with van der Waals surface area (Å²) in [7, 11) is 3.13. The molecular weight excluding hydrogens is 292 g/mol. The highest BCUT2D eigenvalue weighted by Gasteiger charge is 2.23. The molecule has 5 nitrogen and oxygen atoms in total. The first kappa shape index (κ1) is 17.6. The van der Waals surface area contributed by atoms with E-state index in [1.165, 1.54) is 0 Å². The predicted octanol–water partition coefficient (Wildman–Crippen LogP) is 2.55. The fraction of sp³-hybridized carbons (Fsp3) is 0.611. The van der Waals surface area contributed by atoms with Crippen molar-refractivity contribution in [3.63, 3.8) is 0 Å². The van der Waals surface area contributed by atoms with Crippen molar-refractivity contribution in [1.82, 2.24) is 10.2 Å². The second-order valence-electron chi connectivity index (χ2n) is 6.32. The first-order chi connectivity index (χ1) is 11.1. The van der Waals surface area contributed by atoms with Gasteiger partial charge in [0, 0.05) is 12.6 Å². The second kappa shape index (κ2) is 8.20.